The van der Waals surface area contributed by atoms with Crippen molar-refractivity contribution in [2.75, 3.05) is 0 Å². The van der Waals surface area contributed by atoms with Crippen LogP contribution in [0.15, 0.2) is 176 Å². The van der Waals surface area contributed by atoms with E-state index in [1.807, 2.05) is 29.5 Å². The van der Waals surface area contributed by atoms with Crippen molar-refractivity contribution in [2.24, 2.45) is 0 Å². The first-order valence-corrected chi connectivity index (χ1v) is 21.4. The van der Waals surface area contributed by atoms with Crippen molar-refractivity contribution >= 4 is 31.5 Å². The lowest BCUT2D eigenvalue weighted by Gasteiger charge is -2.34. The summed E-state index contributed by atoms with van der Waals surface area (Å²) < 4.78 is 2.56. The van der Waals surface area contributed by atoms with Crippen molar-refractivity contribution in [2.45, 2.75) is 37.5 Å². The van der Waals surface area contributed by atoms with Crippen molar-refractivity contribution in [3.63, 3.8) is 0 Å². The Balaban J connectivity index is 0.963. The van der Waals surface area contributed by atoms with Gasteiger partial charge in [-0.3, -0.25) is 0 Å². The van der Waals surface area contributed by atoms with Gasteiger partial charge in [-0.05, 0) is 91.5 Å². The van der Waals surface area contributed by atoms with Crippen LogP contribution >= 0.6 is 11.3 Å². The minimum atomic E-state index is -0.0642. The van der Waals surface area contributed by atoms with Gasteiger partial charge in [-0.2, -0.15) is 0 Å². The quantitative estimate of drug-likeness (QED) is 0.175. The Morgan fingerprint density at radius 3 is 2.03 bits per heavy atom. The van der Waals surface area contributed by atoms with E-state index in [0.29, 0.717) is 29.9 Å². The predicted octanol–water partition coefficient (Wildman–Crippen LogP) is 14.1. The Bertz CT molecular complexity index is 3240. The van der Waals surface area contributed by atoms with Crippen LogP contribution < -0.4 is 0 Å². The normalized spacial score (nSPS) is 16.7. The van der Waals surface area contributed by atoms with Crippen LogP contribution in [-0.4, -0.2) is 15.0 Å². The minimum absolute atomic E-state index is 0.0642. The third-order valence-electron chi connectivity index (χ3n) is 13.0. The molecule has 2 unspecified atom stereocenters. The zero-order valence-corrected chi connectivity index (χ0v) is 33.7. The standard InChI is InChI=1S/C55H39N3S/c1-55(2)47-21-11-10-20-43(47)45-31-37(24-27-48(45)55)54-57-51(56-53(58-54)33-13-4-3-5-14-33)32-36-15-12-22-50-52(36)46-30-35(25-28-49(46)59-50)34-23-26-42-40-18-7-6-16-38(40)39-17-8-9-19-41(39)44(42)29-34/h3-31,39,41H,32H2,1-2H3. The molecule has 12 rings (SSSR count). The molecule has 3 aliphatic rings. The molecule has 4 heteroatoms. The fourth-order valence-corrected chi connectivity index (χ4v) is 11.2. The van der Waals surface area contributed by atoms with Crippen LogP contribution in [0.25, 0.3) is 76.3 Å². The molecule has 2 aromatic heterocycles. The fourth-order valence-electron chi connectivity index (χ4n) is 10.1. The second kappa shape index (κ2) is 13.1. The SMILES string of the molecule is CC1(C)c2ccccc2-c2cc(-c3nc(Cc4cccc5sc6ccc(-c7ccc8c(c7)C7C=CC=CC7c7ccccc7-8)cc6c45)nc(-c4ccccc4)n3)ccc21. The summed E-state index contributed by atoms with van der Waals surface area (Å²) >= 11 is 1.86. The summed E-state index contributed by atoms with van der Waals surface area (Å²) in [5.74, 6) is 2.83. The molecule has 3 aliphatic carbocycles. The summed E-state index contributed by atoms with van der Waals surface area (Å²) in [6.07, 6.45) is 9.75. The Labute approximate surface area is 348 Å². The number of hydrogen-bond donors (Lipinski definition) is 0. The van der Waals surface area contributed by atoms with E-state index in [1.165, 1.54) is 81.4 Å². The molecule has 0 saturated heterocycles. The highest BCUT2D eigenvalue weighted by Crippen LogP contribution is 2.51. The number of aromatic nitrogens is 3. The molecule has 7 aromatic carbocycles. The molecule has 0 N–H and O–H groups in total. The van der Waals surface area contributed by atoms with Gasteiger partial charge in [-0.25, -0.2) is 15.0 Å². The number of thiophene rings is 1. The minimum Gasteiger partial charge on any atom is -0.213 e. The Hall–Kier alpha value is -6.75. The zero-order valence-electron chi connectivity index (χ0n) is 32.9. The third kappa shape index (κ3) is 5.43. The van der Waals surface area contributed by atoms with Crippen molar-refractivity contribution < 1.29 is 0 Å². The van der Waals surface area contributed by atoms with E-state index in [4.69, 9.17) is 15.0 Å². The van der Waals surface area contributed by atoms with Gasteiger partial charge in [0.25, 0.3) is 0 Å². The largest absolute Gasteiger partial charge is 0.213 e. The average molecular weight is 774 g/mol. The molecular formula is C55H39N3S. The number of rotatable bonds is 5. The number of nitrogens with zero attached hydrogens (tertiary/aromatic N) is 3. The summed E-state index contributed by atoms with van der Waals surface area (Å²) in [5, 5.41) is 2.55. The van der Waals surface area contributed by atoms with E-state index in [0.717, 1.165) is 17.0 Å². The molecule has 0 radical (unpaired) electrons. The maximum atomic E-state index is 5.24. The van der Waals surface area contributed by atoms with Crippen molar-refractivity contribution in [1.29, 1.82) is 0 Å². The topological polar surface area (TPSA) is 38.7 Å². The first kappa shape index (κ1) is 34.3. The van der Waals surface area contributed by atoms with E-state index in [9.17, 15) is 0 Å². The summed E-state index contributed by atoms with van der Waals surface area (Å²) in [5.41, 5.74) is 16.4. The number of fused-ring (bicyclic) bond motifs is 12. The summed E-state index contributed by atoms with van der Waals surface area (Å²) in [6, 6.07) is 55.5. The van der Waals surface area contributed by atoms with Gasteiger partial charge in [0.15, 0.2) is 11.6 Å². The van der Waals surface area contributed by atoms with Gasteiger partial charge in [0, 0.05) is 55.0 Å². The van der Waals surface area contributed by atoms with Gasteiger partial charge < -0.3 is 0 Å². The first-order chi connectivity index (χ1) is 29.0. The summed E-state index contributed by atoms with van der Waals surface area (Å²) in [7, 11) is 0. The van der Waals surface area contributed by atoms with E-state index in [1.54, 1.807) is 0 Å². The van der Waals surface area contributed by atoms with Crippen LogP contribution in [0.5, 0.6) is 0 Å². The van der Waals surface area contributed by atoms with Crippen LogP contribution in [0.1, 0.15) is 59.3 Å². The second-order valence-electron chi connectivity index (χ2n) is 16.7. The van der Waals surface area contributed by atoms with Gasteiger partial charge in [0.05, 0.1) is 0 Å². The predicted molar refractivity (Wildman–Crippen MR) is 245 cm³/mol. The summed E-state index contributed by atoms with van der Waals surface area (Å²) in [6.45, 7) is 4.63. The lowest BCUT2D eigenvalue weighted by molar-refractivity contribution is 0.660. The number of allylic oxidation sites excluding steroid dienone is 4. The Morgan fingerprint density at radius 1 is 0.492 bits per heavy atom. The molecule has 0 bridgehead atoms. The molecule has 59 heavy (non-hydrogen) atoms. The molecule has 3 nitrogen and oxygen atoms in total. The van der Waals surface area contributed by atoms with Crippen molar-refractivity contribution in [3.8, 4) is 56.2 Å². The Kier molecular flexibility index (Phi) is 7.64. The zero-order chi connectivity index (χ0) is 39.2. The molecule has 0 saturated carbocycles. The van der Waals surface area contributed by atoms with Crippen LogP contribution in [-0.2, 0) is 11.8 Å². The maximum Gasteiger partial charge on any atom is 0.163 e. The second-order valence-corrected chi connectivity index (χ2v) is 17.8. The molecule has 0 fully saturated rings. The maximum absolute atomic E-state index is 5.24. The molecular weight excluding hydrogens is 735 g/mol. The monoisotopic (exact) mass is 773 g/mol. The van der Waals surface area contributed by atoms with Crippen molar-refractivity contribution in [1.82, 2.24) is 15.0 Å². The van der Waals surface area contributed by atoms with E-state index < -0.39 is 0 Å². The van der Waals surface area contributed by atoms with Gasteiger partial charge in [-0.1, -0.05) is 159 Å². The molecule has 0 spiro atoms. The highest BCUT2D eigenvalue weighted by Gasteiger charge is 2.35. The third-order valence-corrected chi connectivity index (χ3v) is 14.1. The van der Waals surface area contributed by atoms with Crippen LogP contribution in [0.3, 0.4) is 0 Å². The smallest absolute Gasteiger partial charge is 0.163 e. The lowest BCUT2D eigenvalue weighted by atomic mass is 9.69. The van der Waals surface area contributed by atoms with E-state index >= 15 is 0 Å². The van der Waals surface area contributed by atoms with E-state index in [-0.39, 0.29) is 5.41 Å². The highest BCUT2D eigenvalue weighted by molar-refractivity contribution is 7.25. The number of hydrogen-bond acceptors (Lipinski definition) is 4. The van der Waals surface area contributed by atoms with Crippen LogP contribution in [0, 0.1) is 0 Å². The van der Waals surface area contributed by atoms with Gasteiger partial charge in [0.1, 0.15) is 5.82 Å². The molecule has 0 aliphatic heterocycles. The molecule has 2 heterocycles. The van der Waals surface area contributed by atoms with Crippen LogP contribution in [0.2, 0.25) is 0 Å². The van der Waals surface area contributed by atoms with Crippen molar-refractivity contribution in [3.05, 3.63) is 210 Å². The molecule has 2 atom stereocenters. The summed E-state index contributed by atoms with van der Waals surface area (Å²) in [4.78, 5) is 15.5. The molecule has 0 amide bonds. The van der Waals surface area contributed by atoms with E-state index in [2.05, 4.69) is 172 Å². The average Bonchev–Trinajstić information content (AvgIpc) is 3.78. The van der Waals surface area contributed by atoms with Crippen LogP contribution in [0.4, 0.5) is 0 Å². The fraction of sp³-hybridized carbons (Fsp3) is 0.109. The van der Waals surface area contributed by atoms with Gasteiger partial charge >= 0.3 is 0 Å². The molecule has 9 aromatic rings. The van der Waals surface area contributed by atoms with Gasteiger partial charge in [-0.15, -0.1) is 11.3 Å². The highest BCUT2D eigenvalue weighted by atomic mass is 32.1. The van der Waals surface area contributed by atoms with Gasteiger partial charge in [0.2, 0.25) is 0 Å². The number of benzene rings is 7. The Morgan fingerprint density at radius 2 is 1.17 bits per heavy atom. The molecule has 280 valence electrons. The lowest BCUT2D eigenvalue weighted by Crippen LogP contribution is -2.16. The first-order valence-electron chi connectivity index (χ1n) is 20.6.